The van der Waals surface area contributed by atoms with Gasteiger partial charge in [0.25, 0.3) is 0 Å². The Morgan fingerprint density at radius 2 is 1.62 bits per heavy atom. The third-order valence-corrected chi connectivity index (χ3v) is 1.23. The van der Waals surface area contributed by atoms with Crippen LogP contribution < -0.4 is 0 Å². The summed E-state index contributed by atoms with van der Waals surface area (Å²) in [5, 5.41) is 0. The summed E-state index contributed by atoms with van der Waals surface area (Å²) in [7, 11) is 0. The summed E-state index contributed by atoms with van der Waals surface area (Å²) >= 11 is 3.29. The topological polar surface area (TPSA) is 3.24 Å². The largest absolute Gasteiger partial charge is 0.235 e. The Kier molecular flexibility index (Phi) is 5.01. The zero-order chi connectivity index (χ0) is 6.41. The first-order chi connectivity index (χ1) is 3.81. The Hall–Kier alpha value is -0.0800. The van der Waals surface area contributed by atoms with Gasteiger partial charge in [-0.15, -0.1) is 13.2 Å². The van der Waals surface area contributed by atoms with Crippen molar-refractivity contribution in [3.63, 3.8) is 0 Å². The summed E-state index contributed by atoms with van der Waals surface area (Å²) < 4.78 is 1.94. The van der Waals surface area contributed by atoms with Crippen molar-refractivity contribution in [2.45, 2.75) is 0 Å². The standard InChI is InChI=1S/C6H10BrN/c1-3-5-8(7)6-4-2/h3-4H,1-2,5-6H2. The van der Waals surface area contributed by atoms with Crippen molar-refractivity contribution in [2.24, 2.45) is 0 Å². The van der Waals surface area contributed by atoms with Crippen LogP contribution in [0.25, 0.3) is 0 Å². The summed E-state index contributed by atoms with van der Waals surface area (Å²) in [6, 6.07) is 0. The van der Waals surface area contributed by atoms with E-state index in [0.29, 0.717) is 0 Å². The molecule has 0 bridgehead atoms. The Bertz CT molecular complexity index is 70.6. The van der Waals surface area contributed by atoms with Gasteiger partial charge in [0.2, 0.25) is 0 Å². The van der Waals surface area contributed by atoms with E-state index in [4.69, 9.17) is 0 Å². The SMILES string of the molecule is C=CCN(Br)CC=C. The molecule has 0 aromatic heterocycles. The lowest BCUT2D eigenvalue weighted by Gasteiger charge is -2.05. The van der Waals surface area contributed by atoms with E-state index in [1.54, 1.807) is 0 Å². The molecule has 0 saturated carbocycles. The van der Waals surface area contributed by atoms with Gasteiger partial charge in [0.05, 0.1) is 0 Å². The average molecular weight is 176 g/mol. The number of rotatable bonds is 4. The van der Waals surface area contributed by atoms with E-state index in [0.717, 1.165) is 13.1 Å². The Balaban J connectivity index is 3.16. The molecule has 2 heteroatoms. The van der Waals surface area contributed by atoms with Gasteiger partial charge < -0.3 is 0 Å². The van der Waals surface area contributed by atoms with Gasteiger partial charge in [-0.2, -0.15) is 0 Å². The molecule has 0 fully saturated rings. The molecule has 0 aromatic carbocycles. The lowest BCUT2D eigenvalue weighted by Crippen LogP contribution is -2.09. The van der Waals surface area contributed by atoms with Crippen LogP contribution in [0.3, 0.4) is 0 Å². The van der Waals surface area contributed by atoms with E-state index in [2.05, 4.69) is 29.3 Å². The molecule has 0 aliphatic heterocycles. The van der Waals surface area contributed by atoms with Crippen molar-refractivity contribution in [3.8, 4) is 0 Å². The van der Waals surface area contributed by atoms with Crippen LogP contribution in [0.1, 0.15) is 0 Å². The minimum atomic E-state index is 0.853. The molecule has 0 unspecified atom stereocenters. The molecule has 0 rings (SSSR count). The molecule has 0 atom stereocenters. The second kappa shape index (κ2) is 5.06. The second-order valence-corrected chi connectivity index (χ2v) is 2.41. The van der Waals surface area contributed by atoms with Crippen LogP contribution in [-0.2, 0) is 0 Å². The highest BCUT2D eigenvalue weighted by Crippen LogP contribution is 1.95. The smallest absolute Gasteiger partial charge is 0.0274 e. The Morgan fingerprint density at radius 3 is 1.88 bits per heavy atom. The molecule has 0 N–H and O–H groups in total. The Morgan fingerprint density at radius 1 is 1.25 bits per heavy atom. The molecule has 0 aromatic rings. The zero-order valence-electron chi connectivity index (χ0n) is 4.81. The summed E-state index contributed by atoms with van der Waals surface area (Å²) in [6.45, 7) is 8.86. The van der Waals surface area contributed by atoms with E-state index >= 15 is 0 Å². The third kappa shape index (κ3) is 4.09. The van der Waals surface area contributed by atoms with Gasteiger partial charge in [0, 0.05) is 29.2 Å². The molecule has 0 amide bonds. The van der Waals surface area contributed by atoms with E-state index in [1.807, 2.05) is 16.1 Å². The number of halogens is 1. The molecule has 1 nitrogen and oxygen atoms in total. The van der Waals surface area contributed by atoms with E-state index < -0.39 is 0 Å². The van der Waals surface area contributed by atoms with E-state index in [-0.39, 0.29) is 0 Å². The van der Waals surface area contributed by atoms with Crippen LogP contribution in [-0.4, -0.2) is 17.0 Å². The van der Waals surface area contributed by atoms with Crippen molar-refractivity contribution in [2.75, 3.05) is 13.1 Å². The molecule has 0 heterocycles. The Labute approximate surface area is 59.0 Å². The lowest BCUT2D eigenvalue weighted by molar-refractivity contribution is 0.601. The van der Waals surface area contributed by atoms with Crippen molar-refractivity contribution in [1.29, 1.82) is 0 Å². The van der Waals surface area contributed by atoms with Crippen molar-refractivity contribution in [3.05, 3.63) is 25.3 Å². The molecule has 46 valence electrons. The average Bonchev–Trinajstić information content (AvgIpc) is 1.68. The van der Waals surface area contributed by atoms with Gasteiger partial charge in [-0.1, -0.05) is 12.2 Å². The van der Waals surface area contributed by atoms with Crippen LogP contribution >= 0.6 is 16.1 Å². The van der Waals surface area contributed by atoms with Crippen LogP contribution in [0.5, 0.6) is 0 Å². The molecule has 0 aliphatic rings. The number of nitrogens with zero attached hydrogens (tertiary/aromatic N) is 1. The highest BCUT2D eigenvalue weighted by atomic mass is 79.9. The zero-order valence-corrected chi connectivity index (χ0v) is 6.39. The number of hydrogen-bond acceptors (Lipinski definition) is 1. The number of hydrogen-bond donors (Lipinski definition) is 0. The predicted octanol–water partition coefficient (Wildman–Crippen LogP) is 1.97. The molecule has 8 heavy (non-hydrogen) atoms. The van der Waals surface area contributed by atoms with Crippen LogP contribution in [0.15, 0.2) is 25.3 Å². The van der Waals surface area contributed by atoms with Gasteiger partial charge in [-0.3, -0.25) is 0 Å². The molecule has 0 saturated heterocycles. The van der Waals surface area contributed by atoms with Crippen LogP contribution in [0.4, 0.5) is 0 Å². The van der Waals surface area contributed by atoms with Gasteiger partial charge in [0.15, 0.2) is 0 Å². The van der Waals surface area contributed by atoms with Crippen LogP contribution in [0.2, 0.25) is 0 Å². The minimum absolute atomic E-state index is 0.853. The van der Waals surface area contributed by atoms with E-state index in [1.165, 1.54) is 0 Å². The highest BCUT2D eigenvalue weighted by Gasteiger charge is 1.88. The quantitative estimate of drug-likeness (QED) is 0.467. The maximum atomic E-state index is 3.58. The normalized spacial score (nSPS) is 9.25. The second-order valence-electron chi connectivity index (χ2n) is 1.41. The first-order valence-corrected chi connectivity index (χ1v) is 3.14. The first-order valence-electron chi connectivity index (χ1n) is 2.43. The fourth-order valence-electron chi connectivity index (χ4n) is 0.355. The molecular weight excluding hydrogens is 166 g/mol. The van der Waals surface area contributed by atoms with Crippen molar-refractivity contribution < 1.29 is 0 Å². The maximum Gasteiger partial charge on any atom is 0.0274 e. The summed E-state index contributed by atoms with van der Waals surface area (Å²) in [6.07, 6.45) is 3.66. The molecular formula is C6H10BrN. The fourth-order valence-corrected chi connectivity index (χ4v) is 0.764. The predicted molar refractivity (Wildman–Crippen MR) is 40.9 cm³/mol. The third-order valence-electron chi connectivity index (χ3n) is 0.654. The minimum Gasteiger partial charge on any atom is -0.235 e. The van der Waals surface area contributed by atoms with E-state index in [9.17, 15) is 0 Å². The van der Waals surface area contributed by atoms with Crippen LogP contribution in [0, 0.1) is 0 Å². The summed E-state index contributed by atoms with van der Waals surface area (Å²) in [4.78, 5) is 0. The monoisotopic (exact) mass is 175 g/mol. The molecule has 0 aliphatic carbocycles. The van der Waals surface area contributed by atoms with Crippen molar-refractivity contribution >= 4 is 16.1 Å². The van der Waals surface area contributed by atoms with Gasteiger partial charge in [0.1, 0.15) is 0 Å². The maximum absolute atomic E-state index is 3.58. The van der Waals surface area contributed by atoms with Gasteiger partial charge in [-0.25, -0.2) is 3.93 Å². The lowest BCUT2D eigenvalue weighted by atomic mass is 10.5. The summed E-state index contributed by atoms with van der Waals surface area (Å²) in [5.41, 5.74) is 0. The first kappa shape index (κ1) is 7.92. The molecule has 0 spiro atoms. The summed E-state index contributed by atoms with van der Waals surface area (Å²) in [5.74, 6) is 0. The van der Waals surface area contributed by atoms with Crippen molar-refractivity contribution in [1.82, 2.24) is 3.93 Å². The highest BCUT2D eigenvalue weighted by molar-refractivity contribution is 9.07. The van der Waals surface area contributed by atoms with Gasteiger partial charge in [-0.05, 0) is 0 Å². The van der Waals surface area contributed by atoms with Gasteiger partial charge >= 0.3 is 0 Å². The fraction of sp³-hybridized carbons (Fsp3) is 0.333. The molecule has 0 radical (unpaired) electrons.